The molecule has 1 atom stereocenters. The van der Waals surface area contributed by atoms with Gasteiger partial charge in [0.2, 0.25) is 0 Å². The molecule has 0 radical (unpaired) electrons. The maximum absolute atomic E-state index is 6.27. The first-order valence-corrected chi connectivity index (χ1v) is 7.23. The van der Waals surface area contributed by atoms with E-state index in [9.17, 15) is 0 Å². The van der Waals surface area contributed by atoms with Crippen molar-refractivity contribution in [1.29, 1.82) is 0 Å². The fraction of sp³-hybridized carbons (Fsp3) is 0.600. The summed E-state index contributed by atoms with van der Waals surface area (Å²) in [6.07, 6.45) is 3.46. The summed E-state index contributed by atoms with van der Waals surface area (Å²) in [5, 5.41) is 0.606. The van der Waals surface area contributed by atoms with Gasteiger partial charge in [0.15, 0.2) is 11.5 Å². The summed E-state index contributed by atoms with van der Waals surface area (Å²) in [5.41, 5.74) is 6.77. The van der Waals surface area contributed by atoms with Crippen molar-refractivity contribution < 1.29 is 9.47 Å². The van der Waals surface area contributed by atoms with E-state index in [1.54, 1.807) is 7.11 Å². The van der Waals surface area contributed by atoms with Crippen molar-refractivity contribution in [2.75, 3.05) is 20.3 Å². The van der Waals surface area contributed by atoms with Crippen molar-refractivity contribution in [3.63, 3.8) is 0 Å². The van der Waals surface area contributed by atoms with E-state index in [2.05, 4.69) is 6.92 Å². The van der Waals surface area contributed by atoms with Crippen LogP contribution in [0.25, 0.3) is 0 Å². The molecule has 0 bridgehead atoms. The molecule has 1 aromatic carbocycles. The van der Waals surface area contributed by atoms with E-state index in [1.165, 1.54) is 12.8 Å². The van der Waals surface area contributed by atoms with Gasteiger partial charge in [-0.3, -0.25) is 0 Å². The lowest BCUT2D eigenvalue weighted by molar-refractivity contribution is 0.280. The van der Waals surface area contributed by atoms with Crippen molar-refractivity contribution in [1.82, 2.24) is 0 Å². The maximum atomic E-state index is 6.27. The molecule has 19 heavy (non-hydrogen) atoms. The van der Waals surface area contributed by atoms with Crippen molar-refractivity contribution in [2.24, 2.45) is 11.7 Å². The molecular formula is C15H22ClNO2. The minimum absolute atomic E-state index is 0.372. The third-order valence-electron chi connectivity index (χ3n) is 3.58. The van der Waals surface area contributed by atoms with Crippen molar-refractivity contribution in [3.8, 4) is 11.5 Å². The third-order valence-corrected chi connectivity index (χ3v) is 3.86. The summed E-state index contributed by atoms with van der Waals surface area (Å²) < 4.78 is 11.2. The summed E-state index contributed by atoms with van der Waals surface area (Å²) in [6.45, 7) is 3.57. The molecule has 0 aromatic heterocycles. The SMILES string of the molecule is COc1c(Cl)cc(C(C)CCN)cc1OCC1CC1. The molecule has 0 saturated heterocycles. The molecule has 1 aromatic rings. The van der Waals surface area contributed by atoms with Gasteiger partial charge in [-0.1, -0.05) is 18.5 Å². The molecule has 1 aliphatic rings. The Labute approximate surface area is 120 Å². The topological polar surface area (TPSA) is 44.5 Å². The molecule has 1 aliphatic carbocycles. The Kier molecular flexibility index (Phi) is 4.94. The van der Waals surface area contributed by atoms with Crippen molar-refractivity contribution >= 4 is 11.6 Å². The summed E-state index contributed by atoms with van der Waals surface area (Å²) >= 11 is 6.27. The van der Waals surface area contributed by atoms with E-state index < -0.39 is 0 Å². The van der Waals surface area contributed by atoms with E-state index in [4.69, 9.17) is 26.8 Å². The summed E-state index contributed by atoms with van der Waals surface area (Å²) in [5.74, 6) is 2.46. The lowest BCUT2D eigenvalue weighted by Crippen LogP contribution is -2.06. The van der Waals surface area contributed by atoms with Crippen LogP contribution in [0, 0.1) is 5.92 Å². The molecule has 1 unspecified atom stereocenters. The van der Waals surface area contributed by atoms with Crippen LogP contribution in [0.3, 0.4) is 0 Å². The monoisotopic (exact) mass is 283 g/mol. The second kappa shape index (κ2) is 6.49. The average molecular weight is 284 g/mol. The minimum atomic E-state index is 0.372. The molecule has 0 heterocycles. The second-order valence-electron chi connectivity index (χ2n) is 5.27. The predicted octanol–water partition coefficient (Wildman–Crippen LogP) is 3.59. The molecule has 0 aliphatic heterocycles. The zero-order valence-corrected chi connectivity index (χ0v) is 12.4. The maximum Gasteiger partial charge on any atom is 0.179 e. The Hall–Kier alpha value is -0.930. The van der Waals surface area contributed by atoms with Crippen LogP contribution in [0.15, 0.2) is 12.1 Å². The Bertz CT molecular complexity index is 432. The summed E-state index contributed by atoms with van der Waals surface area (Å²) in [7, 11) is 1.62. The molecule has 2 rings (SSSR count). The molecule has 3 nitrogen and oxygen atoms in total. The molecule has 4 heteroatoms. The van der Waals surface area contributed by atoms with Gasteiger partial charge >= 0.3 is 0 Å². The first-order valence-electron chi connectivity index (χ1n) is 6.86. The third kappa shape index (κ3) is 3.77. The van der Waals surface area contributed by atoms with Gasteiger partial charge in [0.1, 0.15) is 0 Å². The normalized spacial score (nSPS) is 16.2. The van der Waals surface area contributed by atoms with Gasteiger partial charge in [-0.2, -0.15) is 0 Å². The summed E-state index contributed by atoms with van der Waals surface area (Å²) in [4.78, 5) is 0. The van der Waals surface area contributed by atoms with Crippen LogP contribution < -0.4 is 15.2 Å². The van der Waals surface area contributed by atoms with E-state index in [-0.39, 0.29) is 0 Å². The van der Waals surface area contributed by atoms with E-state index in [0.717, 1.165) is 24.3 Å². The Balaban J connectivity index is 2.20. The van der Waals surface area contributed by atoms with E-state index in [1.807, 2.05) is 12.1 Å². The molecular weight excluding hydrogens is 262 g/mol. The Morgan fingerprint density at radius 1 is 1.42 bits per heavy atom. The minimum Gasteiger partial charge on any atom is -0.491 e. The number of hydrogen-bond donors (Lipinski definition) is 1. The highest BCUT2D eigenvalue weighted by molar-refractivity contribution is 6.32. The van der Waals surface area contributed by atoms with Crippen LogP contribution in [0.2, 0.25) is 5.02 Å². The van der Waals surface area contributed by atoms with E-state index in [0.29, 0.717) is 29.2 Å². The predicted molar refractivity (Wildman–Crippen MR) is 78.3 cm³/mol. The van der Waals surface area contributed by atoms with Gasteiger partial charge < -0.3 is 15.2 Å². The highest BCUT2D eigenvalue weighted by Crippen LogP contribution is 2.40. The van der Waals surface area contributed by atoms with Gasteiger partial charge in [-0.25, -0.2) is 0 Å². The quantitative estimate of drug-likeness (QED) is 0.832. The number of halogens is 1. The smallest absolute Gasteiger partial charge is 0.179 e. The van der Waals surface area contributed by atoms with Crippen LogP contribution in [0.1, 0.15) is 37.7 Å². The van der Waals surface area contributed by atoms with Gasteiger partial charge in [-0.05, 0) is 55.3 Å². The number of ether oxygens (including phenoxy) is 2. The number of hydrogen-bond acceptors (Lipinski definition) is 3. The molecule has 1 fully saturated rings. The number of rotatable bonds is 7. The highest BCUT2D eigenvalue weighted by atomic mass is 35.5. The molecule has 2 N–H and O–H groups in total. The van der Waals surface area contributed by atoms with Crippen molar-refractivity contribution in [3.05, 3.63) is 22.7 Å². The molecule has 1 saturated carbocycles. The molecule has 0 amide bonds. The van der Waals surface area contributed by atoms with Gasteiger partial charge in [0, 0.05) is 0 Å². The summed E-state index contributed by atoms with van der Waals surface area (Å²) in [6, 6.07) is 3.98. The zero-order valence-electron chi connectivity index (χ0n) is 11.6. The van der Waals surface area contributed by atoms with Gasteiger partial charge in [0.05, 0.1) is 18.7 Å². The number of nitrogens with two attached hydrogens (primary N) is 1. The van der Waals surface area contributed by atoms with Crippen LogP contribution in [0.5, 0.6) is 11.5 Å². The van der Waals surface area contributed by atoms with E-state index >= 15 is 0 Å². The fourth-order valence-corrected chi connectivity index (χ4v) is 2.38. The van der Waals surface area contributed by atoms with Gasteiger partial charge in [0.25, 0.3) is 0 Å². The molecule has 106 valence electrons. The van der Waals surface area contributed by atoms with Crippen LogP contribution in [0.4, 0.5) is 0 Å². The lowest BCUT2D eigenvalue weighted by Gasteiger charge is -2.17. The van der Waals surface area contributed by atoms with Crippen LogP contribution >= 0.6 is 11.6 Å². The Morgan fingerprint density at radius 3 is 2.74 bits per heavy atom. The van der Waals surface area contributed by atoms with Crippen molar-refractivity contribution in [2.45, 2.75) is 32.1 Å². The standard InChI is InChI=1S/C15H22ClNO2/c1-10(5-6-17)12-7-13(16)15(18-2)14(8-12)19-9-11-3-4-11/h7-8,10-11H,3-6,9,17H2,1-2H3. The largest absolute Gasteiger partial charge is 0.491 e. The highest BCUT2D eigenvalue weighted by Gasteiger charge is 2.23. The second-order valence-corrected chi connectivity index (χ2v) is 5.67. The van der Waals surface area contributed by atoms with Crippen LogP contribution in [-0.4, -0.2) is 20.3 Å². The average Bonchev–Trinajstić information content (AvgIpc) is 3.20. The number of benzene rings is 1. The first kappa shape index (κ1) is 14.5. The lowest BCUT2D eigenvalue weighted by atomic mass is 9.97. The van der Waals surface area contributed by atoms with Gasteiger partial charge in [-0.15, -0.1) is 0 Å². The zero-order chi connectivity index (χ0) is 13.8. The Morgan fingerprint density at radius 2 is 2.16 bits per heavy atom. The fourth-order valence-electron chi connectivity index (χ4n) is 2.09. The first-order chi connectivity index (χ1) is 9.15. The number of methoxy groups -OCH3 is 1. The molecule has 0 spiro atoms. The van der Waals surface area contributed by atoms with Crippen LogP contribution in [-0.2, 0) is 0 Å².